The third-order valence-electron chi connectivity index (χ3n) is 4.05. The van der Waals surface area contributed by atoms with Crippen molar-refractivity contribution in [2.45, 2.75) is 24.0 Å². The predicted molar refractivity (Wildman–Crippen MR) is 97.2 cm³/mol. The van der Waals surface area contributed by atoms with E-state index in [-0.39, 0.29) is 11.4 Å². The Morgan fingerprint density at radius 2 is 1.96 bits per heavy atom. The zero-order chi connectivity index (χ0) is 18.8. The van der Waals surface area contributed by atoms with Crippen molar-refractivity contribution in [3.05, 3.63) is 54.4 Å². The highest BCUT2D eigenvalue weighted by molar-refractivity contribution is 7.99. The first kappa shape index (κ1) is 17.6. The molecule has 0 unspecified atom stereocenters. The molecule has 2 aromatic heterocycles. The molecular weight excluding hydrogens is 372 g/mol. The van der Waals surface area contributed by atoms with Crippen LogP contribution in [-0.2, 0) is 4.79 Å². The first-order valence-electron chi connectivity index (χ1n) is 8.35. The van der Waals surface area contributed by atoms with Gasteiger partial charge >= 0.3 is 0 Å². The molecule has 138 valence electrons. The molecule has 1 aromatic carbocycles. The van der Waals surface area contributed by atoms with Crippen LogP contribution < -0.4 is 5.32 Å². The zero-order valence-corrected chi connectivity index (χ0v) is 14.9. The maximum absolute atomic E-state index is 13.7. The normalized spacial score (nSPS) is 13.6. The molecule has 1 N–H and O–H groups in total. The summed E-state index contributed by atoms with van der Waals surface area (Å²) in [4.78, 5) is 16.1. The fourth-order valence-electron chi connectivity index (χ4n) is 2.64. The molecule has 0 atom stereocenters. The first-order valence-corrected chi connectivity index (χ1v) is 9.33. The monoisotopic (exact) mass is 387 g/mol. The van der Waals surface area contributed by atoms with Crippen LogP contribution in [0.5, 0.6) is 0 Å². The van der Waals surface area contributed by atoms with E-state index in [0.717, 1.165) is 36.4 Å². The summed E-state index contributed by atoms with van der Waals surface area (Å²) in [5, 5.41) is 11.6. The second-order valence-electron chi connectivity index (χ2n) is 6.10. The fraction of sp³-hybridized carbons (Fsp3) is 0.222. The van der Waals surface area contributed by atoms with Gasteiger partial charge in [-0.1, -0.05) is 11.8 Å². The van der Waals surface area contributed by atoms with Crippen LogP contribution in [0.3, 0.4) is 0 Å². The van der Waals surface area contributed by atoms with Crippen LogP contribution in [0.2, 0.25) is 0 Å². The van der Waals surface area contributed by atoms with Crippen LogP contribution >= 0.6 is 11.8 Å². The number of nitrogens with one attached hydrogen (secondary N) is 1. The molecule has 0 aliphatic heterocycles. The number of anilines is 1. The molecule has 0 spiro atoms. The number of nitrogens with zero attached hydrogens (tertiary/aromatic N) is 4. The SMILES string of the molecule is O=C(CSc1nnc(-c2ccncc2)n1C1CC1)Nc1ccc(F)cc1F. The molecule has 6 nitrogen and oxygen atoms in total. The molecule has 0 bridgehead atoms. The van der Waals surface area contributed by atoms with Crippen molar-refractivity contribution in [3.63, 3.8) is 0 Å². The number of rotatable bonds is 6. The molecule has 1 aliphatic carbocycles. The number of carbonyl (C=O) groups is 1. The largest absolute Gasteiger partial charge is 0.323 e. The van der Waals surface area contributed by atoms with Gasteiger partial charge in [-0.15, -0.1) is 10.2 Å². The smallest absolute Gasteiger partial charge is 0.234 e. The Morgan fingerprint density at radius 3 is 2.67 bits per heavy atom. The summed E-state index contributed by atoms with van der Waals surface area (Å²) in [5.74, 6) is -1.12. The van der Waals surface area contributed by atoms with Gasteiger partial charge in [-0.3, -0.25) is 14.3 Å². The molecule has 4 rings (SSSR count). The van der Waals surface area contributed by atoms with Crippen molar-refractivity contribution >= 4 is 23.4 Å². The van der Waals surface area contributed by atoms with Gasteiger partial charge in [0.15, 0.2) is 11.0 Å². The van der Waals surface area contributed by atoms with E-state index in [2.05, 4.69) is 20.5 Å². The molecule has 1 fully saturated rings. The molecule has 0 radical (unpaired) electrons. The number of hydrogen-bond donors (Lipinski definition) is 1. The van der Waals surface area contributed by atoms with Gasteiger partial charge in [0.25, 0.3) is 0 Å². The van der Waals surface area contributed by atoms with Crippen LogP contribution in [0.4, 0.5) is 14.5 Å². The van der Waals surface area contributed by atoms with E-state index < -0.39 is 17.5 Å². The summed E-state index contributed by atoms with van der Waals surface area (Å²) in [6, 6.07) is 7.07. The second-order valence-corrected chi connectivity index (χ2v) is 7.05. The van der Waals surface area contributed by atoms with E-state index in [1.54, 1.807) is 12.4 Å². The minimum Gasteiger partial charge on any atom is -0.323 e. The summed E-state index contributed by atoms with van der Waals surface area (Å²) < 4.78 is 28.6. The molecule has 1 aliphatic rings. The van der Waals surface area contributed by atoms with Crippen LogP contribution in [-0.4, -0.2) is 31.4 Å². The predicted octanol–water partition coefficient (Wildman–Crippen LogP) is 3.68. The number of benzene rings is 1. The topological polar surface area (TPSA) is 72.7 Å². The van der Waals surface area contributed by atoms with Gasteiger partial charge in [-0.05, 0) is 37.1 Å². The lowest BCUT2D eigenvalue weighted by molar-refractivity contribution is -0.113. The summed E-state index contributed by atoms with van der Waals surface area (Å²) >= 11 is 1.23. The summed E-state index contributed by atoms with van der Waals surface area (Å²) in [6.07, 6.45) is 5.46. The standard InChI is InChI=1S/C18H15F2N5OS/c19-12-1-4-15(14(20)9-12)22-16(26)10-27-18-24-23-17(25(18)13-2-3-13)11-5-7-21-8-6-11/h1,4-9,13H,2-3,10H2,(H,22,26). The average Bonchev–Trinajstić information content (AvgIpc) is 3.42. The quantitative estimate of drug-likeness (QED) is 0.653. The molecule has 1 saturated carbocycles. The molecule has 2 heterocycles. The van der Waals surface area contributed by atoms with E-state index in [0.29, 0.717) is 11.2 Å². The van der Waals surface area contributed by atoms with Gasteiger partial charge in [-0.2, -0.15) is 0 Å². The van der Waals surface area contributed by atoms with E-state index in [9.17, 15) is 13.6 Å². The number of carbonyl (C=O) groups excluding carboxylic acids is 1. The Labute approximate surface area is 158 Å². The van der Waals surface area contributed by atoms with Crippen molar-refractivity contribution in [2.24, 2.45) is 0 Å². The van der Waals surface area contributed by atoms with Crippen LogP contribution in [0.15, 0.2) is 47.9 Å². The molecule has 27 heavy (non-hydrogen) atoms. The number of halogens is 2. The van der Waals surface area contributed by atoms with Crippen molar-refractivity contribution in [3.8, 4) is 11.4 Å². The zero-order valence-electron chi connectivity index (χ0n) is 14.1. The fourth-order valence-corrected chi connectivity index (χ4v) is 3.45. The Kier molecular flexibility index (Phi) is 4.85. The molecule has 1 amide bonds. The number of aromatic nitrogens is 4. The van der Waals surface area contributed by atoms with E-state index >= 15 is 0 Å². The maximum atomic E-state index is 13.7. The van der Waals surface area contributed by atoms with E-state index in [1.807, 2.05) is 16.7 Å². The van der Waals surface area contributed by atoms with Crippen molar-refractivity contribution < 1.29 is 13.6 Å². The van der Waals surface area contributed by atoms with Gasteiger partial charge in [0.2, 0.25) is 5.91 Å². The summed E-state index contributed by atoms with van der Waals surface area (Å²) in [5.41, 5.74) is 0.859. The van der Waals surface area contributed by atoms with Crippen molar-refractivity contribution in [1.29, 1.82) is 0 Å². The van der Waals surface area contributed by atoms with Crippen LogP contribution in [0, 0.1) is 11.6 Å². The van der Waals surface area contributed by atoms with E-state index in [1.165, 1.54) is 17.8 Å². The van der Waals surface area contributed by atoms with E-state index in [4.69, 9.17) is 0 Å². The van der Waals surface area contributed by atoms with Gasteiger partial charge in [0.1, 0.15) is 11.6 Å². The number of amides is 1. The summed E-state index contributed by atoms with van der Waals surface area (Å²) in [7, 11) is 0. The minimum absolute atomic E-state index is 0.0397. The van der Waals surface area contributed by atoms with Gasteiger partial charge in [0, 0.05) is 30.1 Å². The first-order chi connectivity index (χ1) is 13.1. The maximum Gasteiger partial charge on any atom is 0.234 e. The summed E-state index contributed by atoms with van der Waals surface area (Å²) in [6.45, 7) is 0. The molecule has 9 heteroatoms. The van der Waals surface area contributed by atoms with Crippen molar-refractivity contribution in [2.75, 3.05) is 11.1 Å². The highest BCUT2D eigenvalue weighted by Gasteiger charge is 2.30. The molecule has 3 aromatic rings. The third-order valence-corrected chi connectivity index (χ3v) is 5.00. The van der Waals surface area contributed by atoms with Crippen LogP contribution in [0.25, 0.3) is 11.4 Å². The highest BCUT2D eigenvalue weighted by Crippen LogP contribution is 2.40. The van der Waals surface area contributed by atoms with Crippen LogP contribution in [0.1, 0.15) is 18.9 Å². The lowest BCUT2D eigenvalue weighted by atomic mass is 10.2. The number of thioether (sulfide) groups is 1. The number of hydrogen-bond acceptors (Lipinski definition) is 5. The van der Waals surface area contributed by atoms with Gasteiger partial charge in [-0.25, -0.2) is 8.78 Å². The van der Waals surface area contributed by atoms with Crippen molar-refractivity contribution in [1.82, 2.24) is 19.7 Å². The number of pyridine rings is 1. The third kappa shape index (κ3) is 3.97. The molecular formula is C18H15F2N5OS. The Hall–Kier alpha value is -2.81. The Bertz CT molecular complexity index is 975. The Balaban J connectivity index is 1.47. The lowest BCUT2D eigenvalue weighted by Crippen LogP contribution is -2.15. The van der Waals surface area contributed by atoms with Gasteiger partial charge in [0.05, 0.1) is 11.4 Å². The highest BCUT2D eigenvalue weighted by atomic mass is 32.2. The molecule has 0 saturated heterocycles. The van der Waals surface area contributed by atoms with Gasteiger partial charge < -0.3 is 5.32 Å². The minimum atomic E-state index is -0.811. The second kappa shape index (κ2) is 7.43. The Morgan fingerprint density at radius 1 is 1.19 bits per heavy atom. The lowest BCUT2D eigenvalue weighted by Gasteiger charge is -2.09. The average molecular weight is 387 g/mol.